The van der Waals surface area contributed by atoms with Crippen LogP contribution in [0.15, 0.2) is 30.5 Å². The maximum atomic E-state index is 13.4. The summed E-state index contributed by atoms with van der Waals surface area (Å²) in [5.74, 6) is -2.63. The van der Waals surface area contributed by atoms with Gasteiger partial charge in [0.05, 0.1) is 6.20 Å². The van der Waals surface area contributed by atoms with Gasteiger partial charge < -0.3 is 10.5 Å². The first-order valence-electron chi connectivity index (χ1n) is 5.75. The number of halogens is 3. The third-order valence-corrected chi connectivity index (χ3v) is 3.38. The summed E-state index contributed by atoms with van der Waals surface area (Å²) >= 11 is 0. The minimum absolute atomic E-state index is 0.188. The van der Waals surface area contributed by atoms with Crippen LogP contribution in [0.25, 0.3) is 0 Å². The summed E-state index contributed by atoms with van der Waals surface area (Å²) < 4.78 is 45.0. The molecule has 0 bridgehead atoms. The predicted molar refractivity (Wildman–Crippen MR) is 64.1 cm³/mol. The lowest BCUT2D eigenvalue weighted by molar-refractivity contribution is 0.177. The van der Waals surface area contributed by atoms with E-state index in [4.69, 9.17) is 16.2 Å². The van der Waals surface area contributed by atoms with E-state index in [1.165, 1.54) is 6.07 Å². The van der Waals surface area contributed by atoms with Gasteiger partial charge in [0, 0.05) is 11.6 Å². The van der Waals surface area contributed by atoms with Crippen molar-refractivity contribution < 1.29 is 17.9 Å². The van der Waals surface area contributed by atoms with Crippen LogP contribution in [0.5, 0.6) is 5.75 Å². The Labute approximate surface area is 112 Å². The van der Waals surface area contributed by atoms with Crippen molar-refractivity contribution in [2.45, 2.75) is 11.8 Å². The minimum Gasteiger partial charge on any atom is -0.471 e. The van der Waals surface area contributed by atoms with Crippen molar-refractivity contribution in [3.63, 3.8) is 0 Å². The lowest BCUT2D eigenvalue weighted by Gasteiger charge is -2.28. The summed E-state index contributed by atoms with van der Waals surface area (Å²) in [6.07, 6.45) is 0.0879. The number of nitrogens with zero attached hydrogens (tertiary/aromatic N) is 1. The molecule has 2 unspecified atom stereocenters. The Balaban J connectivity index is 2.21. The van der Waals surface area contributed by atoms with Crippen LogP contribution in [0.2, 0.25) is 0 Å². The highest BCUT2D eigenvalue weighted by Gasteiger charge is 2.46. The smallest absolute Gasteiger partial charge is 0.213 e. The second-order valence-electron chi connectivity index (χ2n) is 4.54. The van der Waals surface area contributed by atoms with Gasteiger partial charge in [0.15, 0.2) is 17.9 Å². The van der Waals surface area contributed by atoms with Crippen LogP contribution >= 0.6 is 0 Å². The third-order valence-electron chi connectivity index (χ3n) is 3.38. The molecular formula is C13H10F3N3O. The van der Waals surface area contributed by atoms with Gasteiger partial charge in [-0.25, -0.2) is 13.8 Å². The number of aromatic nitrogens is 1. The summed E-state index contributed by atoms with van der Waals surface area (Å²) in [5, 5.41) is 0. The number of rotatable bonds is 1. The first kappa shape index (κ1) is 12.9. The van der Waals surface area contributed by atoms with Crippen LogP contribution in [0.3, 0.4) is 0 Å². The molecule has 0 fully saturated rings. The molecule has 2 atom stereocenters. The summed E-state index contributed by atoms with van der Waals surface area (Å²) in [6.45, 7) is 0. The molecule has 2 heterocycles. The molecule has 0 saturated heterocycles. The number of hydrogen-bond acceptors (Lipinski definition) is 4. The molecule has 7 heteroatoms. The van der Waals surface area contributed by atoms with Crippen molar-refractivity contribution in [2.75, 3.05) is 0 Å². The fraction of sp³-hybridized carbons (Fsp3) is 0.154. The fourth-order valence-electron chi connectivity index (χ4n) is 2.29. The molecule has 4 nitrogen and oxygen atoms in total. The molecular weight excluding hydrogens is 271 g/mol. The Morgan fingerprint density at radius 2 is 1.90 bits per heavy atom. The zero-order chi connectivity index (χ0) is 14.5. The first-order chi connectivity index (χ1) is 9.42. The highest BCUT2D eigenvalue weighted by atomic mass is 19.2. The molecule has 2 aromatic rings. The lowest BCUT2D eigenvalue weighted by Crippen LogP contribution is -2.52. The van der Waals surface area contributed by atoms with Gasteiger partial charge in [-0.05, 0) is 17.7 Å². The van der Waals surface area contributed by atoms with Crippen molar-refractivity contribution in [3.05, 3.63) is 59.2 Å². The number of fused-ring (bicyclic) bond motifs is 1. The molecule has 1 aliphatic heterocycles. The average Bonchev–Trinajstić information content (AvgIpc) is 2.66. The lowest BCUT2D eigenvalue weighted by atomic mass is 9.84. The molecule has 3 rings (SSSR count). The van der Waals surface area contributed by atoms with Crippen LogP contribution < -0.4 is 16.2 Å². The topological polar surface area (TPSA) is 74.2 Å². The molecule has 4 N–H and O–H groups in total. The number of pyridine rings is 1. The van der Waals surface area contributed by atoms with Crippen LogP contribution in [0.1, 0.15) is 11.1 Å². The third kappa shape index (κ3) is 1.67. The van der Waals surface area contributed by atoms with Gasteiger partial charge in [-0.3, -0.25) is 5.73 Å². The second kappa shape index (κ2) is 4.19. The molecule has 1 aromatic carbocycles. The average molecular weight is 281 g/mol. The van der Waals surface area contributed by atoms with E-state index < -0.39 is 29.3 Å². The minimum atomic E-state index is -1.48. The Morgan fingerprint density at radius 3 is 2.60 bits per heavy atom. The van der Waals surface area contributed by atoms with Crippen LogP contribution in [-0.4, -0.2) is 11.2 Å². The number of nitrogens with two attached hydrogens (primary N) is 2. The van der Waals surface area contributed by atoms with Crippen molar-refractivity contribution >= 4 is 0 Å². The monoisotopic (exact) mass is 281 g/mol. The fourth-order valence-corrected chi connectivity index (χ4v) is 2.29. The zero-order valence-corrected chi connectivity index (χ0v) is 10.1. The van der Waals surface area contributed by atoms with E-state index in [9.17, 15) is 13.2 Å². The van der Waals surface area contributed by atoms with Gasteiger partial charge >= 0.3 is 0 Å². The quantitative estimate of drug-likeness (QED) is 0.774. The van der Waals surface area contributed by atoms with Crippen molar-refractivity contribution in [1.29, 1.82) is 0 Å². The van der Waals surface area contributed by atoms with E-state index >= 15 is 0 Å². The largest absolute Gasteiger partial charge is 0.471 e. The Kier molecular flexibility index (Phi) is 2.70. The highest BCUT2D eigenvalue weighted by molar-refractivity contribution is 5.49. The van der Waals surface area contributed by atoms with E-state index in [-0.39, 0.29) is 16.9 Å². The maximum Gasteiger partial charge on any atom is 0.213 e. The molecule has 0 aliphatic carbocycles. The Hall–Kier alpha value is -2.12. The molecule has 0 spiro atoms. The van der Waals surface area contributed by atoms with Gasteiger partial charge in [0.1, 0.15) is 11.3 Å². The first-order valence-corrected chi connectivity index (χ1v) is 5.75. The van der Waals surface area contributed by atoms with Gasteiger partial charge in [-0.2, -0.15) is 4.39 Å². The van der Waals surface area contributed by atoms with E-state index in [0.29, 0.717) is 0 Å². The van der Waals surface area contributed by atoms with Gasteiger partial charge in [-0.1, -0.05) is 6.07 Å². The molecule has 1 aliphatic rings. The zero-order valence-electron chi connectivity index (χ0n) is 10.1. The van der Waals surface area contributed by atoms with Gasteiger partial charge in [0.25, 0.3) is 0 Å². The summed E-state index contributed by atoms with van der Waals surface area (Å²) in [5.41, 5.74) is 11.0. The normalized spacial score (nSPS) is 24.4. The summed E-state index contributed by atoms with van der Waals surface area (Å²) in [7, 11) is 0. The van der Waals surface area contributed by atoms with Crippen molar-refractivity contribution in [3.8, 4) is 5.75 Å². The number of hydrogen-bond donors (Lipinski definition) is 2. The Morgan fingerprint density at radius 1 is 1.15 bits per heavy atom. The Bertz CT molecular complexity index is 695. The van der Waals surface area contributed by atoms with Crippen LogP contribution in [0, 0.1) is 17.6 Å². The summed E-state index contributed by atoms with van der Waals surface area (Å²) in [6, 6.07) is 4.21. The van der Waals surface area contributed by atoms with E-state index in [2.05, 4.69) is 4.98 Å². The van der Waals surface area contributed by atoms with Gasteiger partial charge in [-0.15, -0.1) is 0 Å². The molecule has 0 saturated carbocycles. The molecule has 0 amide bonds. The van der Waals surface area contributed by atoms with Crippen molar-refractivity contribution in [1.82, 2.24) is 4.98 Å². The SMILES string of the molecule is NC1Oc2cnc(F)cc2C1(N)c1ccc(F)c(F)c1. The van der Waals surface area contributed by atoms with Crippen molar-refractivity contribution in [2.24, 2.45) is 11.5 Å². The molecule has 20 heavy (non-hydrogen) atoms. The molecule has 0 radical (unpaired) electrons. The molecule has 104 valence electrons. The van der Waals surface area contributed by atoms with Crippen LogP contribution in [0.4, 0.5) is 13.2 Å². The highest BCUT2D eigenvalue weighted by Crippen LogP contribution is 2.42. The number of ether oxygens (including phenoxy) is 1. The maximum absolute atomic E-state index is 13.4. The van der Waals surface area contributed by atoms with E-state index in [0.717, 1.165) is 24.4 Å². The van der Waals surface area contributed by atoms with Crippen LogP contribution in [-0.2, 0) is 5.54 Å². The standard InChI is InChI=1S/C13H10F3N3O/c14-8-2-1-6(3-9(8)15)13(18)7-4-11(16)19-5-10(7)20-12(13)17/h1-5,12H,17-18H2. The summed E-state index contributed by atoms with van der Waals surface area (Å²) in [4.78, 5) is 3.44. The van der Waals surface area contributed by atoms with E-state index in [1.807, 2.05) is 0 Å². The van der Waals surface area contributed by atoms with Gasteiger partial charge in [0.2, 0.25) is 5.95 Å². The molecule has 1 aromatic heterocycles. The predicted octanol–water partition coefficient (Wildman–Crippen LogP) is 1.38. The number of benzene rings is 1. The van der Waals surface area contributed by atoms with E-state index in [1.54, 1.807) is 0 Å². The second-order valence-corrected chi connectivity index (χ2v) is 4.54.